The first-order valence-electron chi connectivity index (χ1n) is 12.1. The number of fused-ring (bicyclic) bond motifs is 1. The number of amides is 1. The fraction of sp³-hybridized carbons (Fsp3) is 0.133. The second kappa shape index (κ2) is 11.3. The molecule has 4 aromatic carbocycles. The highest BCUT2D eigenvalue weighted by Crippen LogP contribution is 2.29. The van der Waals surface area contributed by atoms with Crippen LogP contribution >= 0.6 is 11.8 Å². The molecule has 0 saturated carbocycles. The number of hydrazone groups is 1. The lowest BCUT2D eigenvalue weighted by Gasteiger charge is -2.11. The average molecular weight is 522 g/mol. The molecular formula is C30H27N5O2S. The molecule has 5 rings (SSSR count). The number of thioether (sulfide) groups is 1. The quantitative estimate of drug-likeness (QED) is 0.153. The molecule has 190 valence electrons. The van der Waals surface area contributed by atoms with Crippen LogP contribution < -0.4 is 10.2 Å². The number of hydrogen-bond acceptors (Lipinski definition) is 6. The van der Waals surface area contributed by atoms with E-state index in [1.165, 1.54) is 11.8 Å². The number of hydrogen-bond donors (Lipinski definition) is 1. The summed E-state index contributed by atoms with van der Waals surface area (Å²) in [5.41, 5.74) is 7.34. The zero-order chi connectivity index (χ0) is 26.5. The molecule has 8 heteroatoms. The number of carbonyl (C=O) groups excluding carboxylic acids is 1. The summed E-state index contributed by atoms with van der Waals surface area (Å²) < 4.78 is 7.26. The molecule has 7 nitrogen and oxygen atoms in total. The van der Waals surface area contributed by atoms with E-state index in [1.807, 2.05) is 85.1 Å². The van der Waals surface area contributed by atoms with Crippen molar-refractivity contribution in [3.05, 3.63) is 102 Å². The van der Waals surface area contributed by atoms with E-state index in [0.717, 1.165) is 44.6 Å². The van der Waals surface area contributed by atoms with Crippen LogP contribution in [0.15, 0.2) is 101 Å². The number of aryl methyl sites for hydroxylation is 1. The van der Waals surface area contributed by atoms with Crippen LogP contribution in [0, 0.1) is 6.92 Å². The summed E-state index contributed by atoms with van der Waals surface area (Å²) in [5.74, 6) is 1.36. The van der Waals surface area contributed by atoms with Crippen LogP contribution in [0.2, 0.25) is 0 Å². The molecule has 0 unspecified atom stereocenters. The van der Waals surface area contributed by atoms with Crippen molar-refractivity contribution in [1.29, 1.82) is 0 Å². The molecule has 0 fully saturated rings. The van der Waals surface area contributed by atoms with E-state index in [4.69, 9.17) is 4.74 Å². The lowest BCUT2D eigenvalue weighted by atomic mass is 10.0. The van der Waals surface area contributed by atoms with Crippen LogP contribution in [0.5, 0.6) is 5.75 Å². The summed E-state index contributed by atoms with van der Waals surface area (Å²) >= 11 is 1.30. The molecular weight excluding hydrogens is 494 g/mol. The Morgan fingerprint density at radius 3 is 2.42 bits per heavy atom. The van der Waals surface area contributed by atoms with Crippen LogP contribution in [0.1, 0.15) is 18.1 Å². The molecule has 1 heterocycles. The van der Waals surface area contributed by atoms with Gasteiger partial charge in [0.25, 0.3) is 5.91 Å². The average Bonchev–Trinajstić information content (AvgIpc) is 3.38. The highest BCUT2D eigenvalue weighted by atomic mass is 32.2. The van der Waals surface area contributed by atoms with Crippen molar-refractivity contribution in [2.24, 2.45) is 5.10 Å². The van der Waals surface area contributed by atoms with Gasteiger partial charge in [-0.05, 0) is 60.5 Å². The Bertz CT molecular complexity index is 1610. The standard InChI is InChI=1S/C30H27N5O2S/c1-20-8-10-23(11-9-20)29-33-34-30(35(29)26-14-16-27(37-3)17-15-26)38-19-28(36)32-31-21(2)24-13-12-22-6-4-5-7-25(22)18-24/h4-18H,19H2,1-3H3,(H,32,36)/b31-21+. The summed E-state index contributed by atoms with van der Waals surface area (Å²) in [6.07, 6.45) is 0. The number of rotatable bonds is 8. The van der Waals surface area contributed by atoms with Crippen molar-refractivity contribution in [3.63, 3.8) is 0 Å². The molecule has 0 aliphatic rings. The van der Waals surface area contributed by atoms with E-state index in [1.54, 1.807) is 7.11 Å². The maximum Gasteiger partial charge on any atom is 0.250 e. The first kappa shape index (κ1) is 25.2. The third kappa shape index (κ3) is 5.60. The molecule has 5 aromatic rings. The predicted molar refractivity (Wildman–Crippen MR) is 153 cm³/mol. The number of carbonyl (C=O) groups is 1. The van der Waals surface area contributed by atoms with Gasteiger partial charge in [-0.1, -0.05) is 78.0 Å². The van der Waals surface area contributed by atoms with Gasteiger partial charge in [0, 0.05) is 11.3 Å². The zero-order valence-corrected chi connectivity index (χ0v) is 22.2. The summed E-state index contributed by atoms with van der Waals surface area (Å²) in [4.78, 5) is 12.7. The highest BCUT2D eigenvalue weighted by Gasteiger charge is 2.17. The number of methoxy groups -OCH3 is 1. The molecule has 0 spiro atoms. The minimum Gasteiger partial charge on any atom is -0.497 e. The monoisotopic (exact) mass is 521 g/mol. The van der Waals surface area contributed by atoms with Gasteiger partial charge in [-0.15, -0.1) is 10.2 Å². The molecule has 0 radical (unpaired) electrons. The van der Waals surface area contributed by atoms with Gasteiger partial charge >= 0.3 is 0 Å². The normalized spacial score (nSPS) is 11.5. The third-order valence-electron chi connectivity index (χ3n) is 6.12. The van der Waals surface area contributed by atoms with Crippen LogP contribution in [0.3, 0.4) is 0 Å². The van der Waals surface area contributed by atoms with Crippen molar-refractivity contribution in [2.45, 2.75) is 19.0 Å². The first-order chi connectivity index (χ1) is 18.5. The van der Waals surface area contributed by atoms with Gasteiger partial charge in [0.2, 0.25) is 0 Å². The van der Waals surface area contributed by atoms with Crippen LogP contribution in [-0.4, -0.2) is 39.2 Å². The van der Waals surface area contributed by atoms with Gasteiger partial charge in [0.15, 0.2) is 11.0 Å². The maximum absolute atomic E-state index is 12.7. The van der Waals surface area contributed by atoms with Crippen molar-refractivity contribution in [2.75, 3.05) is 12.9 Å². The van der Waals surface area contributed by atoms with Gasteiger partial charge in [-0.25, -0.2) is 5.43 Å². The van der Waals surface area contributed by atoms with E-state index in [-0.39, 0.29) is 11.7 Å². The van der Waals surface area contributed by atoms with E-state index < -0.39 is 0 Å². The smallest absolute Gasteiger partial charge is 0.250 e. The van der Waals surface area contributed by atoms with Crippen molar-refractivity contribution < 1.29 is 9.53 Å². The summed E-state index contributed by atoms with van der Waals surface area (Å²) in [7, 11) is 1.63. The maximum atomic E-state index is 12.7. The molecule has 1 amide bonds. The van der Waals surface area contributed by atoms with Crippen molar-refractivity contribution >= 4 is 34.2 Å². The third-order valence-corrected chi connectivity index (χ3v) is 7.05. The molecule has 38 heavy (non-hydrogen) atoms. The lowest BCUT2D eigenvalue weighted by Crippen LogP contribution is -2.21. The number of benzene rings is 4. The minimum atomic E-state index is -0.226. The van der Waals surface area contributed by atoms with E-state index >= 15 is 0 Å². The molecule has 0 aliphatic carbocycles. The first-order valence-corrected chi connectivity index (χ1v) is 13.1. The van der Waals surface area contributed by atoms with Crippen molar-refractivity contribution in [3.8, 4) is 22.8 Å². The van der Waals surface area contributed by atoms with Gasteiger partial charge in [-0.2, -0.15) is 5.10 Å². The molecule has 1 aromatic heterocycles. The predicted octanol–water partition coefficient (Wildman–Crippen LogP) is 6.04. The molecule has 1 N–H and O–H groups in total. The SMILES string of the molecule is COc1ccc(-n2c(SCC(=O)N/N=C(\C)c3ccc4ccccc4c3)nnc2-c2ccc(C)cc2)cc1. The minimum absolute atomic E-state index is 0.136. The number of nitrogens with zero attached hydrogens (tertiary/aromatic N) is 4. The fourth-order valence-corrected chi connectivity index (χ4v) is 4.75. The van der Waals surface area contributed by atoms with Crippen LogP contribution in [0.4, 0.5) is 0 Å². The van der Waals surface area contributed by atoms with Crippen LogP contribution in [0.25, 0.3) is 27.8 Å². The fourth-order valence-electron chi connectivity index (χ4n) is 4.00. The number of ether oxygens (including phenoxy) is 1. The zero-order valence-electron chi connectivity index (χ0n) is 21.4. The van der Waals surface area contributed by atoms with Gasteiger partial charge in [0.1, 0.15) is 5.75 Å². The summed E-state index contributed by atoms with van der Waals surface area (Å²) in [5, 5.41) is 16.1. The van der Waals surface area contributed by atoms with Gasteiger partial charge in [0.05, 0.1) is 18.6 Å². The number of aromatic nitrogens is 3. The molecule has 0 atom stereocenters. The largest absolute Gasteiger partial charge is 0.497 e. The molecule has 0 saturated heterocycles. The lowest BCUT2D eigenvalue weighted by molar-refractivity contribution is -0.118. The number of nitrogens with one attached hydrogen (secondary N) is 1. The van der Waals surface area contributed by atoms with E-state index in [2.05, 4.69) is 45.0 Å². The van der Waals surface area contributed by atoms with Gasteiger partial charge in [-0.3, -0.25) is 9.36 Å². The van der Waals surface area contributed by atoms with Gasteiger partial charge < -0.3 is 4.74 Å². The summed E-state index contributed by atoms with van der Waals surface area (Å²) in [6, 6.07) is 30.1. The second-order valence-corrected chi connectivity index (χ2v) is 9.73. The Morgan fingerprint density at radius 2 is 1.68 bits per heavy atom. The Labute approximate surface area is 225 Å². The van der Waals surface area contributed by atoms with Crippen LogP contribution in [-0.2, 0) is 4.79 Å². The molecule has 0 bridgehead atoms. The Balaban J connectivity index is 1.33. The van der Waals surface area contributed by atoms with E-state index in [0.29, 0.717) is 11.0 Å². The highest BCUT2D eigenvalue weighted by molar-refractivity contribution is 7.99. The summed E-state index contributed by atoms with van der Waals surface area (Å²) in [6.45, 7) is 3.92. The topological polar surface area (TPSA) is 81.4 Å². The Morgan fingerprint density at radius 1 is 0.947 bits per heavy atom. The van der Waals surface area contributed by atoms with Crippen molar-refractivity contribution in [1.82, 2.24) is 20.2 Å². The second-order valence-electron chi connectivity index (χ2n) is 8.79. The Hall–Kier alpha value is -4.43. The Kier molecular flexibility index (Phi) is 7.51. The van der Waals surface area contributed by atoms with E-state index in [9.17, 15) is 4.79 Å². The molecule has 0 aliphatic heterocycles.